The molecule has 7 heteroatoms. The van der Waals surface area contributed by atoms with Crippen molar-refractivity contribution in [3.8, 4) is 11.8 Å². The van der Waals surface area contributed by atoms with Crippen molar-refractivity contribution in [2.75, 3.05) is 20.3 Å². The van der Waals surface area contributed by atoms with E-state index in [0.717, 1.165) is 16.8 Å². The van der Waals surface area contributed by atoms with E-state index >= 15 is 0 Å². The van der Waals surface area contributed by atoms with Crippen LogP contribution in [0.4, 0.5) is 0 Å². The molecule has 1 heterocycles. The minimum absolute atomic E-state index is 0.0583. The third-order valence-electron chi connectivity index (χ3n) is 6.57. The summed E-state index contributed by atoms with van der Waals surface area (Å²) >= 11 is 6.23. The summed E-state index contributed by atoms with van der Waals surface area (Å²) in [6.07, 6.45) is 1.13. The number of hydrogen-bond donors (Lipinski definition) is 1. The lowest BCUT2D eigenvalue weighted by molar-refractivity contribution is -0.118. The van der Waals surface area contributed by atoms with E-state index in [1.807, 2.05) is 53.4 Å². The molecule has 1 aliphatic carbocycles. The molecule has 0 fully saturated rings. The molecule has 2 aliphatic rings. The van der Waals surface area contributed by atoms with Gasteiger partial charge in [0.1, 0.15) is 18.2 Å². The normalized spacial score (nSPS) is 19.5. The fraction of sp³-hybridized carbons (Fsp3) is 0.357. The van der Waals surface area contributed by atoms with E-state index in [0.29, 0.717) is 60.3 Å². The number of carbonyl (C=O) groups excluding carboxylic acids is 1. The number of methoxy groups -OCH3 is 1. The van der Waals surface area contributed by atoms with Gasteiger partial charge in [0.2, 0.25) is 0 Å². The number of Topliss-reactive ketones (excluding diaryl/α,β-unsaturated/α-hetero) is 1. The van der Waals surface area contributed by atoms with Crippen LogP contribution < -0.4 is 10.5 Å². The van der Waals surface area contributed by atoms with Crippen molar-refractivity contribution in [1.82, 2.24) is 4.90 Å². The summed E-state index contributed by atoms with van der Waals surface area (Å²) < 4.78 is 11.2. The zero-order valence-corrected chi connectivity index (χ0v) is 21.1. The molecule has 1 aliphatic heterocycles. The topological polar surface area (TPSA) is 88.6 Å². The van der Waals surface area contributed by atoms with Gasteiger partial charge in [-0.2, -0.15) is 5.26 Å². The Morgan fingerprint density at radius 2 is 1.89 bits per heavy atom. The molecule has 2 aromatic carbocycles. The van der Waals surface area contributed by atoms with Crippen molar-refractivity contribution in [3.63, 3.8) is 0 Å². The number of nitrogens with zero attached hydrogens (tertiary/aromatic N) is 2. The lowest BCUT2D eigenvalue weighted by Gasteiger charge is -2.43. The van der Waals surface area contributed by atoms with Gasteiger partial charge in [-0.15, -0.1) is 0 Å². The molecule has 0 bridgehead atoms. The van der Waals surface area contributed by atoms with Gasteiger partial charge in [-0.25, -0.2) is 0 Å². The number of ether oxygens (including phenoxy) is 2. The number of benzene rings is 2. The van der Waals surface area contributed by atoms with Crippen molar-refractivity contribution in [3.05, 3.63) is 87.3 Å². The molecule has 182 valence electrons. The van der Waals surface area contributed by atoms with Crippen LogP contribution in [0.3, 0.4) is 0 Å². The van der Waals surface area contributed by atoms with Crippen molar-refractivity contribution >= 4 is 17.4 Å². The van der Waals surface area contributed by atoms with E-state index in [1.165, 1.54) is 0 Å². The number of allylic oxidation sites excluding steroid dienone is 3. The maximum absolute atomic E-state index is 13.4. The second kappa shape index (κ2) is 10.2. The van der Waals surface area contributed by atoms with E-state index in [9.17, 15) is 10.1 Å². The summed E-state index contributed by atoms with van der Waals surface area (Å²) in [5.41, 5.74) is 10.0. The first-order valence-electron chi connectivity index (χ1n) is 11.6. The standard InChI is InChI=1S/C28H30ClN3O3/c1-28(2)14-23-26(24(33)15-28)25(21(16-30)27(31)32(23)12-13-34-3)18-8-10-20(11-9-18)35-17-19-6-4-5-7-22(19)29/h4-11,25H,12-15,17,31H2,1-3H3/t25-/m0/s1. The predicted octanol–water partition coefficient (Wildman–Crippen LogP) is 5.30. The van der Waals surface area contributed by atoms with Gasteiger partial charge in [-0.3, -0.25) is 4.79 Å². The second-order valence-corrected chi connectivity index (χ2v) is 10.1. The molecular weight excluding hydrogens is 462 g/mol. The van der Waals surface area contributed by atoms with Crippen LogP contribution in [-0.4, -0.2) is 30.9 Å². The van der Waals surface area contributed by atoms with Crippen LogP contribution in [-0.2, 0) is 16.1 Å². The zero-order chi connectivity index (χ0) is 25.2. The number of nitriles is 1. The number of nitrogens with two attached hydrogens (primary N) is 1. The Balaban J connectivity index is 1.68. The van der Waals surface area contributed by atoms with Gasteiger partial charge in [-0.05, 0) is 35.6 Å². The average Bonchev–Trinajstić information content (AvgIpc) is 2.82. The maximum atomic E-state index is 13.4. The summed E-state index contributed by atoms with van der Waals surface area (Å²) in [5, 5.41) is 10.7. The number of rotatable bonds is 7. The summed E-state index contributed by atoms with van der Waals surface area (Å²) in [4.78, 5) is 15.3. The third-order valence-corrected chi connectivity index (χ3v) is 6.94. The fourth-order valence-corrected chi connectivity index (χ4v) is 5.07. The minimum atomic E-state index is -0.505. The van der Waals surface area contributed by atoms with E-state index in [-0.39, 0.29) is 11.2 Å². The molecular formula is C28H30ClN3O3. The number of ketones is 1. The highest BCUT2D eigenvalue weighted by atomic mass is 35.5. The van der Waals surface area contributed by atoms with Gasteiger partial charge in [0.15, 0.2) is 5.78 Å². The van der Waals surface area contributed by atoms with Crippen LogP contribution in [0.25, 0.3) is 0 Å². The van der Waals surface area contributed by atoms with Crippen molar-refractivity contribution in [1.29, 1.82) is 5.26 Å². The summed E-state index contributed by atoms with van der Waals surface area (Å²) in [6.45, 7) is 5.44. The van der Waals surface area contributed by atoms with Gasteiger partial charge >= 0.3 is 0 Å². The van der Waals surface area contributed by atoms with Crippen LogP contribution in [0.2, 0.25) is 5.02 Å². The molecule has 0 spiro atoms. The molecule has 0 radical (unpaired) electrons. The van der Waals surface area contributed by atoms with Gasteiger partial charge in [0.05, 0.1) is 24.2 Å². The Kier molecular flexibility index (Phi) is 7.20. The molecule has 0 aromatic heterocycles. The Hall–Kier alpha value is -3.27. The number of hydrogen-bond acceptors (Lipinski definition) is 6. The quantitative estimate of drug-likeness (QED) is 0.565. The molecule has 4 rings (SSSR count). The average molecular weight is 492 g/mol. The highest BCUT2D eigenvalue weighted by molar-refractivity contribution is 6.31. The lowest BCUT2D eigenvalue weighted by Crippen LogP contribution is -2.43. The second-order valence-electron chi connectivity index (χ2n) is 9.74. The van der Waals surface area contributed by atoms with Crippen LogP contribution >= 0.6 is 11.6 Å². The van der Waals surface area contributed by atoms with E-state index in [2.05, 4.69) is 19.9 Å². The summed E-state index contributed by atoms with van der Waals surface area (Å²) in [7, 11) is 1.62. The molecule has 0 amide bonds. The zero-order valence-electron chi connectivity index (χ0n) is 20.3. The molecule has 6 nitrogen and oxygen atoms in total. The molecule has 1 atom stereocenters. The summed E-state index contributed by atoms with van der Waals surface area (Å²) in [6, 6.07) is 17.3. The largest absolute Gasteiger partial charge is 0.489 e. The molecule has 0 saturated carbocycles. The smallest absolute Gasteiger partial charge is 0.162 e. The van der Waals surface area contributed by atoms with Gasteiger partial charge in [-0.1, -0.05) is 55.8 Å². The molecule has 35 heavy (non-hydrogen) atoms. The minimum Gasteiger partial charge on any atom is -0.489 e. The van der Waals surface area contributed by atoms with E-state index in [1.54, 1.807) is 7.11 Å². The van der Waals surface area contributed by atoms with Gasteiger partial charge < -0.3 is 20.1 Å². The van der Waals surface area contributed by atoms with Crippen molar-refractivity contribution in [2.24, 2.45) is 11.1 Å². The number of halogens is 1. The summed E-state index contributed by atoms with van der Waals surface area (Å²) in [5.74, 6) is 0.614. The molecule has 0 saturated heterocycles. The third kappa shape index (κ3) is 5.07. The van der Waals surface area contributed by atoms with Gasteiger partial charge in [0, 0.05) is 41.9 Å². The molecule has 0 unspecified atom stereocenters. The Morgan fingerprint density at radius 3 is 2.54 bits per heavy atom. The SMILES string of the molecule is COCCN1C(N)=C(C#N)[C@H](c2ccc(OCc3ccccc3Cl)cc2)C2=C1CC(C)(C)CC2=O. The monoisotopic (exact) mass is 491 g/mol. The first-order chi connectivity index (χ1) is 16.8. The van der Waals surface area contributed by atoms with Crippen molar-refractivity contribution in [2.45, 2.75) is 39.2 Å². The Bertz CT molecular complexity index is 1220. The highest BCUT2D eigenvalue weighted by Gasteiger charge is 2.44. The number of carbonyl (C=O) groups is 1. The fourth-order valence-electron chi connectivity index (χ4n) is 4.88. The lowest BCUT2D eigenvalue weighted by atomic mass is 9.68. The first-order valence-corrected chi connectivity index (χ1v) is 12.0. The van der Waals surface area contributed by atoms with Gasteiger partial charge in [0.25, 0.3) is 0 Å². The van der Waals surface area contributed by atoms with Crippen LogP contribution in [0, 0.1) is 16.7 Å². The first kappa shape index (κ1) is 24.8. The van der Waals surface area contributed by atoms with Crippen molar-refractivity contribution < 1.29 is 14.3 Å². The van der Waals surface area contributed by atoms with E-state index < -0.39 is 5.92 Å². The Labute approximate surface area is 211 Å². The predicted molar refractivity (Wildman–Crippen MR) is 135 cm³/mol. The van der Waals surface area contributed by atoms with Crippen LogP contribution in [0.1, 0.15) is 43.7 Å². The van der Waals surface area contributed by atoms with E-state index in [4.69, 9.17) is 26.8 Å². The molecule has 2 aromatic rings. The maximum Gasteiger partial charge on any atom is 0.162 e. The molecule has 2 N–H and O–H groups in total. The highest BCUT2D eigenvalue weighted by Crippen LogP contribution is 2.49. The van der Waals surface area contributed by atoms with Crippen LogP contribution in [0.5, 0.6) is 5.75 Å². The van der Waals surface area contributed by atoms with Crippen LogP contribution in [0.15, 0.2) is 71.2 Å². The Morgan fingerprint density at radius 1 is 1.17 bits per heavy atom.